The number of carbonyl (C=O) groups excluding carboxylic acids is 3. The molecule has 64 heavy (non-hydrogen) atoms. The molecule has 3 aromatic heterocycles. The fraction of sp³-hybridized carbons (Fsp3) is 0.426. The van der Waals surface area contributed by atoms with E-state index in [2.05, 4.69) is 48.7 Å². The van der Waals surface area contributed by atoms with Gasteiger partial charge in [0.05, 0.1) is 12.2 Å². The fourth-order valence-electron chi connectivity index (χ4n) is 10.0. The number of allylic oxidation sites excluding steroid dienone is 1. The van der Waals surface area contributed by atoms with E-state index in [0.29, 0.717) is 71.9 Å². The number of imide groups is 1. The number of anilines is 4. The van der Waals surface area contributed by atoms with Crippen LogP contribution >= 0.6 is 0 Å². The van der Waals surface area contributed by atoms with Crippen molar-refractivity contribution >= 4 is 51.8 Å². The highest BCUT2D eigenvalue weighted by atomic mass is 16.3. The first-order valence-corrected chi connectivity index (χ1v) is 22.5. The second-order valence-corrected chi connectivity index (χ2v) is 17.7. The number of benzene rings is 2. The van der Waals surface area contributed by atoms with Crippen molar-refractivity contribution in [2.75, 3.05) is 54.8 Å². The van der Waals surface area contributed by atoms with E-state index in [9.17, 15) is 24.3 Å². The zero-order valence-electron chi connectivity index (χ0n) is 36.1. The molecule has 5 aromatic rings. The Morgan fingerprint density at radius 2 is 1.73 bits per heavy atom. The summed E-state index contributed by atoms with van der Waals surface area (Å²) in [5, 5.41) is 24.5. The van der Waals surface area contributed by atoms with Gasteiger partial charge < -0.3 is 30.9 Å². The molecule has 17 nitrogen and oxygen atoms in total. The van der Waals surface area contributed by atoms with Crippen molar-refractivity contribution in [2.45, 2.75) is 88.7 Å². The highest BCUT2D eigenvalue weighted by Gasteiger charge is 2.41. The number of aromatic nitrogens is 5. The lowest BCUT2D eigenvalue weighted by molar-refractivity contribution is -0.136. The molecule has 0 spiro atoms. The number of pyridine rings is 1. The van der Waals surface area contributed by atoms with E-state index in [1.807, 2.05) is 55.5 Å². The molecule has 5 N–H and O–H groups in total. The van der Waals surface area contributed by atoms with Gasteiger partial charge >= 0.3 is 0 Å². The van der Waals surface area contributed by atoms with Gasteiger partial charge in [0.2, 0.25) is 17.8 Å². The number of piperidine rings is 2. The number of amides is 3. The van der Waals surface area contributed by atoms with Crippen LogP contribution in [0.25, 0.3) is 16.9 Å². The van der Waals surface area contributed by atoms with E-state index in [1.54, 1.807) is 20.3 Å². The standard InChI is InChI=1S/C47H54N12O5/c1-3-21-58-45(63)37-25-50-46(54-42(37)59(58)39-13-5-29-15-18-47(64,4-2)41(29)52-39)51-33-8-6-31(7-9-33)48-19-20-49-32-16-22-55(23-17-32)35-27-56(28-35)34-10-11-36-30(24-34)26-57(44(36)62)38-12-14-40(60)53-43(38)61/h3,5-11,13,24-25,32,35,38,48-49,64H,1,4,12,14-23,26-28H2,2H3,(H,50,51,54)(H,53,60,61)/t38?,47-/m0/s1. The number of rotatable bonds is 14. The molecule has 3 amide bonds. The average molecular weight is 867 g/mol. The molecule has 3 fully saturated rings. The highest BCUT2D eigenvalue weighted by Crippen LogP contribution is 2.39. The van der Waals surface area contributed by atoms with Crippen LogP contribution < -0.4 is 31.7 Å². The van der Waals surface area contributed by atoms with Gasteiger partial charge in [-0.1, -0.05) is 19.1 Å². The van der Waals surface area contributed by atoms with E-state index in [1.165, 1.54) is 6.20 Å². The van der Waals surface area contributed by atoms with Gasteiger partial charge in [-0.25, -0.2) is 19.3 Å². The Morgan fingerprint density at radius 3 is 2.50 bits per heavy atom. The molecular formula is C47H54N12O5. The molecule has 0 radical (unpaired) electrons. The SMILES string of the molecule is C=CCn1c(=O)c2cnc(Nc3ccc(NCCNC4CCN(C5CN(c6ccc7c(c6)CN(C6CCC(=O)NC6=O)C7=O)C5)CC4)cc3)nc2n1-c1ccc2c(n1)[C@](O)(CC)CC2. The minimum absolute atomic E-state index is 0.139. The maximum atomic E-state index is 13.5. The Bertz CT molecular complexity index is 2700. The van der Waals surface area contributed by atoms with Gasteiger partial charge in [0.15, 0.2) is 11.5 Å². The van der Waals surface area contributed by atoms with Crippen molar-refractivity contribution in [3.8, 4) is 5.82 Å². The van der Waals surface area contributed by atoms with Crippen molar-refractivity contribution in [3.63, 3.8) is 0 Å². The largest absolute Gasteiger partial charge is 0.384 e. The quantitative estimate of drug-likeness (QED) is 0.0619. The molecule has 2 atom stereocenters. The lowest BCUT2D eigenvalue weighted by Gasteiger charge is -2.48. The second kappa shape index (κ2) is 16.9. The summed E-state index contributed by atoms with van der Waals surface area (Å²) in [6.07, 6.45) is 7.94. The third kappa shape index (κ3) is 7.70. The van der Waals surface area contributed by atoms with Crippen LogP contribution in [0.1, 0.15) is 72.6 Å². The normalized spacial score (nSPS) is 21.5. The summed E-state index contributed by atoms with van der Waals surface area (Å²) >= 11 is 0. The van der Waals surface area contributed by atoms with Crippen molar-refractivity contribution < 1.29 is 19.5 Å². The Balaban J connectivity index is 0.680. The summed E-state index contributed by atoms with van der Waals surface area (Å²) < 4.78 is 3.23. The van der Waals surface area contributed by atoms with Gasteiger partial charge in [0.1, 0.15) is 17.0 Å². The Kier molecular flexibility index (Phi) is 11.0. The molecule has 7 heterocycles. The van der Waals surface area contributed by atoms with Gasteiger partial charge in [-0.3, -0.25) is 29.4 Å². The smallest absolute Gasteiger partial charge is 0.278 e. The summed E-state index contributed by atoms with van der Waals surface area (Å²) in [6.45, 7) is 12.1. The van der Waals surface area contributed by atoms with E-state index in [-0.39, 0.29) is 36.2 Å². The zero-order chi connectivity index (χ0) is 44.1. The average Bonchev–Trinajstić information content (AvgIpc) is 3.90. The minimum Gasteiger partial charge on any atom is -0.384 e. The topological polar surface area (TPSA) is 195 Å². The number of aryl methyl sites for hydroxylation is 1. The van der Waals surface area contributed by atoms with Crippen LogP contribution in [0.4, 0.5) is 23.0 Å². The lowest BCUT2D eigenvalue weighted by atomic mass is 9.98. The van der Waals surface area contributed by atoms with Crippen LogP contribution in [-0.2, 0) is 34.7 Å². The monoisotopic (exact) mass is 866 g/mol. The molecule has 10 rings (SSSR count). The van der Waals surface area contributed by atoms with Crippen LogP contribution in [0, 0.1) is 0 Å². The van der Waals surface area contributed by atoms with Gasteiger partial charge in [0, 0.05) is 93.1 Å². The van der Waals surface area contributed by atoms with Crippen LogP contribution in [-0.4, -0.2) is 114 Å². The van der Waals surface area contributed by atoms with Crippen molar-refractivity contribution in [1.82, 2.24) is 44.7 Å². The zero-order valence-corrected chi connectivity index (χ0v) is 36.1. The number of aliphatic hydroxyl groups is 1. The van der Waals surface area contributed by atoms with E-state index >= 15 is 0 Å². The van der Waals surface area contributed by atoms with Gasteiger partial charge in [-0.15, -0.1) is 6.58 Å². The van der Waals surface area contributed by atoms with Gasteiger partial charge in [0.25, 0.3) is 11.5 Å². The van der Waals surface area contributed by atoms with Gasteiger partial charge in [-0.05, 0) is 98.2 Å². The van der Waals surface area contributed by atoms with Crippen molar-refractivity contribution in [1.29, 1.82) is 0 Å². The van der Waals surface area contributed by atoms with Crippen LogP contribution in [0.2, 0.25) is 0 Å². The highest BCUT2D eigenvalue weighted by molar-refractivity contribution is 6.05. The summed E-state index contributed by atoms with van der Waals surface area (Å²) in [7, 11) is 0. The Hall–Kier alpha value is -6.43. The lowest BCUT2D eigenvalue weighted by Crippen LogP contribution is -2.61. The number of likely N-dealkylation sites (tertiary alicyclic amines) is 1. The maximum Gasteiger partial charge on any atom is 0.278 e. The van der Waals surface area contributed by atoms with Crippen molar-refractivity contribution in [2.24, 2.45) is 0 Å². The third-order valence-corrected chi connectivity index (χ3v) is 13.8. The van der Waals surface area contributed by atoms with E-state index in [4.69, 9.17) is 9.97 Å². The number of carbonyl (C=O) groups is 3. The number of nitrogens with one attached hydrogen (secondary N) is 4. The molecule has 3 saturated heterocycles. The summed E-state index contributed by atoms with van der Waals surface area (Å²) in [5.41, 5.74) is 5.33. The molecule has 5 aliphatic rings. The maximum absolute atomic E-state index is 13.5. The molecule has 1 unspecified atom stereocenters. The first-order chi connectivity index (χ1) is 31.1. The predicted molar refractivity (Wildman–Crippen MR) is 243 cm³/mol. The predicted octanol–water partition coefficient (Wildman–Crippen LogP) is 3.57. The van der Waals surface area contributed by atoms with Crippen molar-refractivity contribution in [3.05, 3.63) is 106 Å². The summed E-state index contributed by atoms with van der Waals surface area (Å²) in [5.74, 6) is 0.0369. The number of hydrogen-bond acceptors (Lipinski definition) is 13. The van der Waals surface area contributed by atoms with Crippen LogP contribution in [0.5, 0.6) is 0 Å². The molecular weight excluding hydrogens is 813 g/mol. The number of fused-ring (bicyclic) bond motifs is 3. The molecule has 1 aliphatic carbocycles. The number of hydrogen-bond donors (Lipinski definition) is 5. The first kappa shape index (κ1) is 41.6. The molecule has 332 valence electrons. The Labute approximate surface area is 370 Å². The molecule has 0 bridgehead atoms. The van der Waals surface area contributed by atoms with E-state index < -0.39 is 11.6 Å². The number of nitrogens with zero attached hydrogens (tertiary/aromatic N) is 8. The van der Waals surface area contributed by atoms with E-state index in [0.717, 1.165) is 86.7 Å². The van der Waals surface area contributed by atoms with Crippen LogP contribution in [0.15, 0.2) is 78.2 Å². The third-order valence-electron chi connectivity index (χ3n) is 13.8. The summed E-state index contributed by atoms with van der Waals surface area (Å²) in [4.78, 5) is 71.4. The second-order valence-electron chi connectivity index (χ2n) is 17.7. The molecule has 17 heteroatoms. The molecule has 0 saturated carbocycles. The Morgan fingerprint density at radius 1 is 0.938 bits per heavy atom. The minimum atomic E-state index is -0.996. The molecule has 2 aromatic carbocycles. The van der Waals surface area contributed by atoms with Gasteiger partial charge in [-0.2, -0.15) is 4.98 Å². The fourth-order valence-corrected chi connectivity index (χ4v) is 10.0. The summed E-state index contributed by atoms with van der Waals surface area (Å²) in [6, 6.07) is 18.2. The molecule has 4 aliphatic heterocycles. The van der Waals surface area contributed by atoms with Crippen LogP contribution in [0.3, 0.4) is 0 Å². The first-order valence-electron chi connectivity index (χ1n) is 22.5.